The van der Waals surface area contributed by atoms with E-state index in [2.05, 4.69) is 20.7 Å². The van der Waals surface area contributed by atoms with Gasteiger partial charge in [0.2, 0.25) is 0 Å². The van der Waals surface area contributed by atoms with Crippen molar-refractivity contribution in [2.24, 2.45) is 0 Å². The molecule has 1 aliphatic heterocycles. The number of aromatic nitrogens is 3. The van der Waals surface area contributed by atoms with Gasteiger partial charge in [-0.2, -0.15) is 4.98 Å². The van der Waals surface area contributed by atoms with Gasteiger partial charge in [0.1, 0.15) is 30.7 Å². The first kappa shape index (κ1) is 21.4. The second-order valence-corrected chi connectivity index (χ2v) is 6.71. The van der Waals surface area contributed by atoms with Gasteiger partial charge in [0, 0.05) is 5.69 Å². The summed E-state index contributed by atoms with van der Waals surface area (Å²) in [6, 6.07) is 7.41. The Kier molecular flexibility index (Phi) is 6.95. The summed E-state index contributed by atoms with van der Waals surface area (Å²) >= 11 is 5.21. The van der Waals surface area contributed by atoms with Crippen molar-refractivity contribution in [2.75, 3.05) is 18.5 Å². The second-order valence-electron chi connectivity index (χ2n) is 6.30. The molecule has 0 spiro atoms. The van der Waals surface area contributed by atoms with Gasteiger partial charge >= 0.3 is 6.01 Å². The van der Waals surface area contributed by atoms with Crippen LogP contribution in [0.2, 0.25) is 0 Å². The number of hydrogen-bond acceptors (Lipinski definition) is 9. The number of ether oxygens (including phenoxy) is 2. The minimum Gasteiger partial charge on any atom is -0.463 e. The first-order valence-electron chi connectivity index (χ1n) is 8.96. The lowest BCUT2D eigenvalue weighted by Crippen LogP contribution is -2.63. The SMILES string of the molecule is CCOc1ncn(-c2ccc(NC(=S)NC3OC(CO)C(O)C(O)C3O)cc2)n1. The zero-order valence-corrected chi connectivity index (χ0v) is 16.4. The van der Waals surface area contributed by atoms with Crippen molar-refractivity contribution in [2.45, 2.75) is 37.6 Å². The van der Waals surface area contributed by atoms with Crippen molar-refractivity contribution in [1.82, 2.24) is 20.1 Å². The van der Waals surface area contributed by atoms with Crippen LogP contribution in [-0.2, 0) is 4.74 Å². The first-order chi connectivity index (χ1) is 13.9. The largest absolute Gasteiger partial charge is 0.463 e. The number of anilines is 1. The highest BCUT2D eigenvalue weighted by Crippen LogP contribution is 2.20. The number of thiocarbonyl (C=S) groups is 1. The van der Waals surface area contributed by atoms with Gasteiger partial charge in [-0.15, -0.1) is 5.10 Å². The topological polar surface area (TPSA) is 154 Å². The number of nitrogens with one attached hydrogen (secondary N) is 2. The molecule has 1 aromatic heterocycles. The average molecular weight is 425 g/mol. The lowest BCUT2D eigenvalue weighted by molar-refractivity contribution is -0.232. The van der Waals surface area contributed by atoms with E-state index in [0.717, 1.165) is 5.69 Å². The van der Waals surface area contributed by atoms with Crippen LogP contribution in [0.1, 0.15) is 6.92 Å². The molecule has 0 aliphatic carbocycles. The third-order valence-electron chi connectivity index (χ3n) is 4.30. The van der Waals surface area contributed by atoms with Crippen molar-refractivity contribution >= 4 is 23.0 Å². The van der Waals surface area contributed by atoms with Crippen LogP contribution in [0.4, 0.5) is 5.69 Å². The van der Waals surface area contributed by atoms with E-state index in [1.54, 1.807) is 35.3 Å². The van der Waals surface area contributed by atoms with Gasteiger partial charge in [-0.05, 0) is 43.4 Å². The molecule has 29 heavy (non-hydrogen) atoms. The van der Waals surface area contributed by atoms with E-state index in [1.165, 1.54) is 0 Å². The summed E-state index contributed by atoms with van der Waals surface area (Å²) in [6.45, 7) is 1.81. The van der Waals surface area contributed by atoms with E-state index >= 15 is 0 Å². The van der Waals surface area contributed by atoms with Crippen LogP contribution in [0.25, 0.3) is 5.69 Å². The molecular formula is C17H23N5O6S. The van der Waals surface area contributed by atoms with Gasteiger partial charge in [0.15, 0.2) is 11.3 Å². The fourth-order valence-corrected chi connectivity index (χ4v) is 3.02. The van der Waals surface area contributed by atoms with Crippen LogP contribution >= 0.6 is 12.2 Å². The monoisotopic (exact) mass is 425 g/mol. The third kappa shape index (κ3) is 4.98. The number of benzene rings is 1. The number of rotatable bonds is 6. The summed E-state index contributed by atoms with van der Waals surface area (Å²) in [7, 11) is 0. The lowest BCUT2D eigenvalue weighted by atomic mass is 9.98. The van der Waals surface area contributed by atoms with E-state index in [4.69, 9.17) is 21.7 Å². The molecule has 2 aromatic rings. The summed E-state index contributed by atoms with van der Waals surface area (Å²) in [5, 5.41) is 48.9. The molecule has 5 atom stereocenters. The van der Waals surface area contributed by atoms with Crippen molar-refractivity contribution in [3.63, 3.8) is 0 Å². The average Bonchev–Trinajstić information content (AvgIpc) is 3.18. The molecule has 0 bridgehead atoms. The van der Waals surface area contributed by atoms with Crippen LogP contribution in [0.15, 0.2) is 30.6 Å². The summed E-state index contributed by atoms with van der Waals surface area (Å²) < 4.78 is 12.2. The Bertz CT molecular complexity index is 817. The smallest absolute Gasteiger partial charge is 0.335 e. The summed E-state index contributed by atoms with van der Waals surface area (Å²) in [5.74, 6) is 0. The molecule has 1 aromatic carbocycles. The molecule has 11 nitrogen and oxygen atoms in total. The number of nitrogens with zero attached hydrogens (tertiary/aromatic N) is 3. The summed E-state index contributed by atoms with van der Waals surface area (Å²) in [6.07, 6.45) is -4.92. The van der Waals surface area contributed by atoms with Crippen LogP contribution in [0, 0.1) is 0 Å². The van der Waals surface area contributed by atoms with Gasteiger partial charge in [0.05, 0.1) is 18.9 Å². The van der Waals surface area contributed by atoms with Crippen LogP contribution < -0.4 is 15.4 Å². The maximum Gasteiger partial charge on any atom is 0.335 e. The van der Waals surface area contributed by atoms with E-state index in [0.29, 0.717) is 18.3 Å². The quantitative estimate of drug-likeness (QED) is 0.308. The first-order valence-corrected chi connectivity index (χ1v) is 9.36. The standard InChI is InChI=1S/C17H23N5O6S/c1-2-27-16-18-8-22(21-16)10-5-3-9(4-6-10)19-17(29)20-15-14(26)13(25)12(24)11(7-23)28-15/h3-6,8,11-15,23-26H,2,7H2,1H3,(H2,19,20,29). The van der Waals surface area contributed by atoms with Crippen molar-refractivity contribution in [3.8, 4) is 11.7 Å². The van der Waals surface area contributed by atoms with Crippen molar-refractivity contribution in [3.05, 3.63) is 30.6 Å². The third-order valence-corrected chi connectivity index (χ3v) is 4.52. The molecule has 2 heterocycles. The fraction of sp³-hybridized carbons (Fsp3) is 0.471. The predicted octanol–water partition coefficient (Wildman–Crippen LogP) is -1.25. The maximum atomic E-state index is 10.0. The fourth-order valence-electron chi connectivity index (χ4n) is 2.78. The van der Waals surface area contributed by atoms with E-state index in [9.17, 15) is 20.4 Å². The molecule has 0 saturated carbocycles. The Morgan fingerprint density at radius 3 is 2.59 bits per heavy atom. The number of aliphatic hydroxyl groups is 4. The van der Waals surface area contributed by atoms with Gasteiger partial charge in [0.25, 0.3) is 0 Å². The Balaban J connectivity index is 1.59. The van der Waals surface area contributed by atoms with Gasteiger partial charge < -0.3 is 40.5 Å². The molecule has 12 heteroatoms. The van der Waals surface area contributed by atoms with Crippen molar-refractivity contribution < 1.29 is 29.9 Å². The minimum atomic E-state index is -1.48. The van der Waals surface area contributed by atoms with Crippen molar-refractivity contribution in [1.29, 1.82) is 0 Å². The molecule has 3 rings (SSSR count). The number of aliphatic hydroxyl groups excluding tert-OH is 4. The van der Waals surface area contributed by atoms with Crippen LogP contribution in [0.3, 0.4) is 0 Å². The van der Waals surface area contributed by atoms with E-state index < -0.39 is 37.3 Å². The Morgan fingerprint density at radius 2 is 1.93 bits per heavy atom. The highest BCUT2D eigenvalue weighted by atomic mass is 32.1. The zero-order valence-electron chi connectivity index (χ0n) is 15.5. The predicted molar refractivity (Wildman–Crippen MR) is 106 cm³/mol. The molecule has 1 saturated heterocycles. The summed E-state index contributed by atoms with van der Waals surface area (Å²) in [4.78, 5) is 4.04. The second kappa shape index (κ2) is 9.43. The van der Waals surface area contributed by atoms with Gasteiger partial charge in [-0.3, -0.25) is 0 Å². The Hall–Kier alpha value is -2.35. The summed E-state index contributed by atoms with van der Waals surface area (Å²) in [5.41, 5.74) is 1.42. The zero-order chi connectivity index (χ0) is 21.0. The Morgan fingerprint density at radius 1 is 1.21 bits per heavy atom. The molecule has 0 radical (unpaired) electrons. The minimum absolute atomic E-state index is 0.126. The van der Waals surface area contributed by atoms with E-state index in [-0.39, 0.29) is 5.11 Å². The molecule has 0 amide bonds. The highest BCUT2D eigenvalue weighted by Gasteiger charge is 2.43. The van der Waals surface area contributed by atoms with Crippen LogP contribution in [0.5, 0.6) is 6.01 Å². The maximum absolute atomic E-state index is 10.0. The molecule has 5 unspecified atom stereocenters. The van der Waals surface area contributed by atoms with Crippen LogP contribution in [-0.4, -0.2) is 84.2 Å². The highest BCUT2D eigenvalue weighted by molar-refractivity contribution is 7.80. The van der Waals surface area contributed by atoms with Gasteiger partial charge in [-0.1, -0.05) is 0 Å². The molecule has 158 valence electrons. The Labute approximate surface area is 171 Å². The lowest BCUT2D eigenvalue weighted by Gasteiger charge is -2.40. The van der Waals surface area contributed by atoms with E-state index in [1.807, 2.05) is 6.92 Å². The molecular weight excluding hydrogens is 402 g/mol. The molecule has 1 fully saturated rings. The normalized spacial score (nSPS) is 26.7. The van der Waals surface area contributed by atoms with Gasteiger partial charge in [-0.25, -0.2) is 4.68 Å². The molecule has 1 aliphatic rings. The number of hydrogen-bond donors (Lipinski definition) is 6. The molecule has 6 N–H and O–H groups in total.